The molecular weight excluding hydrogens is 381 g/mol. The highest BCUT2D eigenvalue weighted by Crippen LogP contribution is 2.27. The van der Waals surface area contributed by atoms with Crippen molar-refractivity contribution in [2.75, 3.05) is 10.6 Å². The topological polar surface area (TPSA) is 88.4 Å². The third kappa shape index (κ3) is 3.60. The normalized spacial score (nSPS) is 10.8. The smallest absolute Gasteiger partial charge is 0.258 e. The first-order chi connectivity index (χ1) is 13.5. The molecule has 4 aromatic rings. The Morgan fingerprint density at radius 1 is 1.04 bits per heavy atom. The van der Waals surface area contributed by atoms with E-state index in [4.69, 9.17) is 0 Å². The van der Waals surface area contributed by atoms with Gasteiger partial charge >= 0.3 is 0 Å². The first-order valence-corrected chi connectivity index (χ1v) is 9.17. The van der Waals surface area contributed by atoms with Crippen molar-refractivity contribution in [3.63, 3.8) is 0 Å². The summed E-state index contributed by atoms with van der Waals surface area (Å²) in [6.45, 7) is 1.45. The van der Waals surface area contributed by atoms with Crippen LogP contribution in [0.4, 0.5) is 16.0 Å². The lowest BCUT2D eigenvalue weighted by molar-refractivity contribution is -0.114. The van der Waals surface area contributed by atoms with Crippen molar-refractivity contribution < 1.29 is 14.0 Å². The summed E-state index contributed by atoms with van der Waals surface area (Å²) in [6.07, 6.45) is 0. The van der Waals surface area contributed by atoms with Gasteiger partial charge in [0.2, 0.25) is 10.9 Å². The fourth-order valence-electron chi connectivity index (χ4n) is 2.64. The number of carbonyl (C=O) groups excluding carboxylic acids is 2. The second kappa shape index (κ2) is 7.20. The van der Waals surface area contributed by atoms with E-state index in [-0.39, 0.29) is 11.9 Å². The van der Waals surface area contributed by atoms with Crippen LogP contribution in [0.1, 0.15) is 17.3 Å². The molecule has 0 aliphatic carbocycles. The summed E-state index contributed by atoms with van der Waals surface area (Å²) >= 11 is 1.39. The van der Waals surface area contributed by atoms with Gasteiger partial charge in [0.25, 0.3) is 11.9 Å². The van der Waals surface area contributed by atoms with Crippen molar-refractivity contribution in [3.8, 4) is 11.3 Å². The summed E-state index contributed by atoms with van der Waals surface area (Å²) in [4.78, 5) is 28.3. The molecule has 2 aromatic heterocycles. The van der Waals surface area contributed by atoms with Gasteiger partial charge < -0.3 is 5.32 Å². The first-order valence-electron chi connectivity index (χ1n) is 8.29. The molecule has 2 heterocycles. The molecule has 2 amide bonds. The van der Waals surface area contributed by atoms with Gasteiger partial charge in [-0.15, -0.1) is 16.4 Å². The highest BCUT2D eigenvalue weighted by atomic mass is 32.1. The summed E-state index contributed by atoms with van der Waals surface area (Å²) < 4.78 is 14.6. The Hall–Kier alpha value is -3.59. The molecule has 0 fully saturated rings. The van der Waals surface area contributed by atoms with Crippen molar-refractivity contribution in [2.45, 2.75) is 6.92 Å². The van der Waals surface area contributed by atoms with Crippen molar-refractivity contribution in [3.05, 3.63) is 65.3 Å². The zero-order chi connectivity index (χ0) is 19.7. The van der Waals surface area contributed by atoms with Gasteiger partial charge in [-0.1, -0.05) is 12.1 Å². The van der Waals surface area contributed by atoms with Crippen LogP contribution in [-0.2, 0) is 4.79 Å². The molecule has 0 saturated heterocycles. The number of anilines is 2. The SMILES string of the molecule is CC(=O)Nc1ccc(-c2csc3nc(NC(=O)c4ccc(F)cc4)nn23)cc1. The second-order valence-corrected chi connectivity index (χ2v) is 6.81. The van der Waals surface area contributed by atoms with Crippen LogP contribution in [0.15, 0.2) is 53.9 Å². The maximum absolute atomic E-state index is 13.0. The van der Waals surface area contributed by atoms with Gasteiger partial charge in [0.05, 0.1) is 5.69 Å². The van der Waals surface area contributed by atoms with Gasteiger partial charge in [-0.25, -0.2) is 8.91 Å². The molecule has 2 N–H and O–H groups in total. The number of nitrogens with one attached hydrogen (secondary N) is 2. The van der Waals surface area contributed by atoms with E-state index in [2.05, 4.69) is 20.7 Å². The number of thiazole rings is 1. The predicted octanol–water partition coefficient (Wildman–Crippen LogP) is 3.81. The summed E-state index contributed by atoms with van der Waals surface area (Å²) in [6, 6.07) is 12.6. The maximum atomic E-state index is 13.0. The molecule has 0 unspecified atom stereocenters. The molecule has 0 aliphatic heterocycles. The highest BCUT2D eigenvalue weighted by Gasteiger charge is 2.14. The molecular formula is C19H14FN5O2S. The Morgan fingerprint density at radius 3 is 2.43 bits per heavy atom. The van der Waals surface area contributed by atoms with Gasteiger partial charge in [0, 0.05) is 29.1 Å². The Balaban J connectivity index is 1.57. The molecule has 0 spiro atoms. The van der Waals surface area contributed by atoms with E-state index < -0.39 is 11.7 Å². The number of benzene rings is 2. The molecule has 0 aliphatic rings. The number of rotatable bonds is 4. The van der Waals surface area contributed by atoms with Gasteiger partial charge in [-0.05, 0) is 36.4 Å². The highest BCUT2D eigenvalue weighted by molar-refractivity contribution is 7.15. The monoisotopic (exact) mass is 395 g/mol. The van der Waals surface area contributed by atoms with Crippen molar-refractivity contribution >= 4 is 39.7 Å². The minimum atomic E-state index is -0.417. The third-order valence-electron chi connectivity index (χ3n) is 3.91. The predicted molar refractivity (Wildman–Crippen MR) is 105 cm³/mol. The number of hydrogen-bond donors (Lipinski definition) is 2. The van der Waals surface area contributed by atoms with E-state index >= 15 is 0 Å². The minimum Gasteiger partial charge on any atom is -0.326 e. The zero-order valence-corrected chi connectivity index (χ0v) is 15.5. The Bertz CT molecular complexity index is 1170. The van der Waals surface area contributed by atoms with Crippen LogP contribution in [0.3, 0.4) is 0 Å². The summed E-state index contributed by atoms with van der Waals surface area (Å²) in [5.41, 5.74) is 2.72. The fourth-order valence-corrected chi connectivity index (χ4v) is 3.47. The fraction of sp³-hybridized carbons (Fsp3) is 0.0526. The molecule has 0 bridgehead atoms. The maximum Gasteiger partial charge on any atom is 0.258 e. The van der Waals surface area contributed by atoms with Crippen LogP contribution in [0.5, 0.6) is 0 Å². The molecule has 4 rings (SSSR count). The van der Waals surface area contributed by atoms with Crippen molar-refractivity contribution in [1.29, 1.82) is 0 Å². The minimum absolute atomic E-state index is 0.136. The summed E-state index contributed by atoms with van der Waals surface area (Å²) in [5.74, 6) is -0.799. The molecule has 0 atom stereocenters. The van der Waals surface area contributed by atoms with Crippen LogP contribution in [-0.4, -0.2) is 26.4 Å². The number of fused-ring (bicyclic) bond motifs is 1. The first kappa shape index (κ1) is 17.8. The van der Waals surface area contributed by atoms with Crippen LogP contribution < -0.4 is 10.6 Å². The Kier molecular flexibility index (Phi) is 4.58. The Labute approximate surface area is 162 Å². The number of hydrogen-bond acceptors (Lipinski definition) is 5. The number of amides is 2. The van der Waals surface area contributed by atoms with Gasteiger partial charge in [-0.2, -0.15) is 4.98 Å². The molecule has 0 saturated carbocycles. The van der Waals surface area contributed by atoms with E-state index in [0.717, 1.165) is 11.3 Å². The molecule has 2 aromatic carbocycles. The van der Waals surface area contributed by atoms with Crippen LogP contribution in [0, 0.1) is 5.82 Å². The number of halogens is 1. The Morgan fingerprint density at radius 2 is 1.75 bits per heavy atom. The van der Waals surface area contributed by atoms with E-state index in [1.54, 1.807) is 16.6 Å². The lowest BCUT2D eigenvalue weighted by Gasteiger charge is -2.03. The third-order valence-corrected chi connectivity index (χ3v) is 4.73. The van der Waals surface area contributed by atoms with Gasteiger partial charge in [0.15, 0.2) is 0 Å². The molecule has 28 heavy (non-hydrogen) atoms. The molecule has 140 valence electrons. The van der Waals surface area contributed by atoms with E-state index in [0.29, 0.717) is 16.2 Å². The molecule has 0 radical (unpaired) electrons. The quantitative estimate of drug-likeness (QED) is 0.550. The van der Waals surface area contributed by atoms with E-state index in [1.807, 2.05) is 17.5 Å². The summed E-state index contributed by atoms with van der Waals surface area (Å²) in [5, 5.41) is 11.6. The van der Waals surface area contributed by atoms with E-state index in [9.17, 15) is 14.0 Å². The number of nitrogens with zero attached hydrogens (tertiary/aromatic N) is 3. The average Bonchev–Trinajstić information content (AvgIpc) is 3.22. The molecule has 7 nitrogen and oxygen atoms in total. The van der Waals surface area contributed by atoms with Crippen LogP contribution in [0.25, 0.3) is 16.2 Å². The zero-order valence-electron chi connectivity index (χ0n) is 14.6. The lowest BCUT2D eigenvalue weighted by Crippen LogP contribution is -2.13. The standard InChI is InChI=1S/C19H14FN5O2S/c1-11(26)21-15-8-4-12(5-9-15)16-10-28-19-23-18(24-25(16)19)22-17(27)13-2-6-14(20)7-3-13/h2-10H,1H3,(H,21,26)(H,22,24,27). The van der Waals surface area contributed by atoms with Crippen molar-refractivity contribution in [2.24, 2.45) is 0 Å². The van der Waals surface area contributed by atoms with Crippen molar-refractivity contribution in [1.82, 2.24) is 14.6 Å². The second-order valence-electron chi connectivity index (χ2n) is 5.97. The van der Waals surface area contributed by atoms with Gasteiger partial charge in [0.1, 0.15) is 5.82 Å². The van der Waals surface area contributed by atoms with Crippen LogP contribution in [0.2, 0.25) is 0 Å². The average molecular weight is 395 g/mol. The van der Waals surface area contributed by atoms with E-state index in [1.165, 1.54) is 42.5 Å². The van der Waals surface area contributed by atoms with Gasteiger partial charge in [-0.3, -0.25) is 14.9 Å². The molecule has 9 heteroatoms. The lowest BCUT2D eigenvalue weighted by atomic mass is 10.1. The van der Waals surface area contributed by atoms with Crippen LogP contribution >= 0.6 is 11.3 Å². The number of carbonyl (C=O) groups is 2. The largest absolute Gasteiger partial charge is 0.326 e. The number of aromatic nitrogens is 3. The summed E-state index contributed by atoms with van der Waals surface area (Å²) in [7, 11) is 0.